The molecular formula is C20H17ClN4. The third kappa shape index (κ3) is 2.89. The van der Waals surface area contributed by atoms with Crippen LogP contribution in [-0.4, -0.2) is 19.8 Å². The van der Waals surface area contributed by atoms with Crippen molar-refractivity contribution in [3.05, 3.63) is 71.0 Å². The quantitative estimate of drug-likeness (QED) is 0.524. The number of hydrogen-bond donors (Lipinski definition) is 0. The monoisotopic (exact) mass is 348 g/mol. The summed E-state index contributed by atoms with van der Waals surface area (Å²) >= 11 is 5.91. The van der Waals surface area contributed by atoms with Gasteiger partial charge in [-0.3, -0.25) is 0 Å². The molecule has 4 aromatic rings. The molecule has 0 radical (unpaired) electrons. The summed E-state index contributed by atoms with van der Waals surface area (Å²) in [6.45, 7) is 4.13. The van der Waals surface area contributed by atoms with Crippen LogP contribution in [0, 0.1) is 6.92 Å². The highest BCUT2D eigenvalue weighted by Gasteiger charge is 2.17. The fraction of sp³-hybridized carbons (Fsp3) is 0.150. The maximum atomic E-state index is 5.91. The van der Waals surface area contributed by atoms with E-state index in [1.807, 2.05) is 23.6 Å². The highest BCUT2D eigenvalue weighted by atomic mass is 35.5. The normalized spacial score (nSPS) is 11.2. The van der Waals surface area contributed by atoms with Crippen LogP contribution < -0.4 is 0 Å². The SMILES string of the molecule is CCc1ccc(-c2cc3ccc(C)nn3c2-c2ccc(Cl)nn2)cc1. The molecule has 0 atom stereocenters. The van der Waals surface area contributed by atoms with E-state index < -0.39 is 0 Å². The Balaban J connectivity index is 1.99. The summed E-state index contributed by atoms with van der Waals surface area (Å²) in [6.07, 6.45) is 1.02. The molecule has 0 aliphatic rings. The summed E-state index contributed by atoms with van der Waals surface area (Å²) in [4.78, 5) is 0. The van der Waals surface area contributed by atoms with E-state index in [1.165, 1.54) is 5.56 Å². The molecule has 124 valence electrons. The van der Waals surface area contributed by atoms with E-state index in [4.69, 9.17) is 11.6 Å². The molecule has 0 aliphatic heterocycles. The van der Waals surface area contributed by atoms with Crippen molar-refractivity contribution in [1.29, 1.82) is 0 Å². The summed E-state index contributed by atoms with van der Waals surface area (Å²) in [7, 11) is 0. The largest absolute Gasteiger partial charge is 0.231 e. The van der Waals surface area contributed by atoms with Crippen LogP contribution in [0.4, 0.5) is 0 Å². The maximum Gasteiger partial charge on any atom is 0.151 e. The van der Waals surface area contributed by atoms with Gasteiger partial charge >= 0.3 is 0 Å². The number of fused-ring (bicyclic) bond motifs is 1. The Morgan fingerprint density at radius 3 is 2.44 bits per heavy atom. The van der Waals surface area contributed by atoms with Gasteiger partial charge in [0, 0.05) is 5.56 Å². The molecule has 5 heteroatoms. The lowest BCUT2D eigenvalue weighted by Gasteiger charge is -2.07. The van der Waals surface area contributed by atoms with E-state index in [1.54, 1.807) is 6.07 Å². The average molecular weight is 349 g/mol. The van der Waals surface area contributed by atoms with Gasteiger partial charge in [0.05, 0.1) is 11.2 Å². The first kappa shape index (κ1) is 15.8. The molecule has 0 amide bonds. The number of aryl methyl sites for hydroxylation is 2. The van der Waals surface area contributed by atoms with Gasteiger partial charge in [-0.25, -0.2) is 4.52 Å². The lowest BCUT2D eigenvalue weighted by molar-refractivity contribution is 0.901. The fourth-order valence-electron chi connectivity index (χ4n) is 2.97. The zero-order valence-corrected chi connectivity index (χ0v) is 14.8. The molecule has 25 heavy (non-hydrogen) atoms. The molecule has 0 saturated carbocycles. The van der Waals surface area contributed by atoms with Crippen molar-refractivity contribution in [2.75, 3.05) is 0 Å². The van der Waals surface area contributed by atoms with Crippen LogP contribution >= 0.6 is 11.6 Å². The van der Waals surface area contributed by atoms with E-state index in [0.717, 1.165) is 40.1 Å². The summed E-state index contributed by atoms with van der Waals surface area (Å²) in [5, 5.41) is 13.3. The van der Waals surface area contributed by atoms with Crippen molar-refractivity contribution in [3.8, 4) is 22.5 Å². The van der Waals surface area contributed by atoms with Crippen LogP contribution in [0.15, 0.2) is 54.6 Å². The Hall–Kier alpha value is -2.72. The highest BCUT2D eigenvalue weighted by molar-refractivity contribution is 6.29. The molecule has 3 heterocycles. The molecule has 0 spiro atoms. The van der Waals surface area contributed by atoms with E-state index >= 15 is 0 Å². The summed E-state index contributed by atoms with van der Waals surface area (Å²) in [5.74, 6) is 0. The number of aromatic nitrogens is 4. The van der Waals surface area contributed by atoms with Gasteiger partial charge in [0.15, 0.2) is 5.15 Å². The van der Waals surface area contributed by atoms with Crippen LogP contribution in [-0.2, 0) is 6.42 Å². The van der Waals surface area contributed by atoms with Crippen molar-refractivity contribution in [2.24, 2.45) is 0 Å². The lowest BCUT2D eigenvalue weighted by Crippen LogP contribution is -1.99. The molecule has 0 fully saturated rings. The summed E-state index contributed by atoms with van der Waals surface area (Å²) < 4.78 is 1.93. The minimum Gasteiger partial charge on any atom is -0.231 e. The average Bonchev–Trinajstić information content (AvgIpc) is 3.01. The first-order valence-corrected chi connectivity index (χ1v) is 8.62. The highest BCUT2D eigenvalue weighted by Crippen LogP contribution is 2.34. The molecule has 0 aliphatic carbocycles. The molecule has 0 saturated heterocycles. The van der Waals surface area contributed by atoms with Gasteiger partial charge in [-0.05, 0) is 54.8 Å². The molecular weight excluding hydrogens is 332 g/mol. The van der Waals surface area contributed by atoms with Crippen LogP contribution in [0.3, 0.4) is 0 Å². The van der Waals surface area contributed by atoms with Gasteiger partial charge in [-0.15, -0.1) is 10.2 Å². The number of hydrogen-bond acceptors (Lipinski definition) is 3. The standard InChI is InChI=1S/C20H17ClN4/c1-3-14-5-7-15(8-6-14)17-12-16-9-4-13(2)24-25(16)20(17)18-10-11-19(21)23-22-18/h4-12H,3H2,1-2H3. The minimum atomic E-state index is 0.377. The Morgan fingerprint density at radius 1 is 0.960 bits per heavy atom. The Labute approximate surface area is 151 Å². The Bertz CT molecular complexity index is 1030. The van der Waals surface area contributed by atoms with Gasteiger partial charge in [-0.2, -0.15) is 5.10 Å². The molecule has 0 unspecified atom stereocenters. The zero-order valence-electron chi connectivity index (χ0n) is 14.1. The Morgan fingerprint density at radius 2 is 1.76 bits per heavy atom. The second-order valence-electron chi connectivity index (χ2n) is 6.01. The molecule has 4 rings (SSSR count). The predicted molar refractivity (Wildman–Crippen MR) is 101 cm³/mol. The van der Waals surface area contributed by atoms with Crippen LogP contribution in [0.25, 0.3) is 28.0 Å². The molecule has 4 nitrogen and oxygen atoms in total. The van der Waals surface area contributed by atoms with Crippen molar-refractivity contribution >= 4 is 17.1 Å². The molecule has 0 bridgehead atoms. The van der Waals surface area contributed by atoms with Gasteiger partial charge in [0.25, 0.3) is 0 Å². The summed E-state index contributed by atoms with van der Waals surface area (Å²) in [5.41, 5.74) is 7.16. The predicted octanol–water partition coefficient (Wildman–Crippen LogP) is 4.98. The topological polar surface area (TPSA) is 43.1 Å². The van der Waals surface area contributed by atoms with Gasteiger partial charge < -0.3 is 0 Å². The lowest BCUT2D eigenvalue weighted by atomic mass is 10.0. The van der Waals surface area contributed by atoms with E-state index in [-0.39, 0.29) is 0 Å². The van der Waals surface area contributed by atoms with Gasteiger partial charge in [-0.1, -0.05) is 42.8 Å². The summed E-state index contributed by atoms with van der Waals surface area (Å²) in [6, 6.07) is 18.5. The Kier molecular flexibility index (Phi) is 3.98. The van der Waals surface area contributed by atoms with Crippen molar-refractivity contribution < 1.29 is 0 Å². The third-order valence-electron chi connectivity index (χ3n) is 4.30. The number of benzene rings is 1. The minimum absolute atomic E-state index is 0.377. The first-order chi connectivity index (χ1) is 12.2. The first-order valence-electron chi connectivity index (χ1n) is 8.24. The molecule has 1 aromatic carbocycles. The van der Waals surface area contributed by atoms with Gasteiger partial charge in [0.2, 0.25) is 0 Å². The van der Waals surface area contributed by atoms with E-state index in [2.05, 4.69) is 58.6 Å². The van der Waals surface area contributed by atoms with Crippen molar-refractivity contribution in [3.63, 3.8) is 0 Å². The molecule has 3 aromatic heterocycles. The van der Waals surface area contributed by atoms with Crippen LogP contribution in [0.2, 0.25) is 5.15 Å². The van der Waals surface area contributed by atoms with Crippen molar-refractivity contribution in [2.45, 2.75) is 20.3 Å². The second kappa shape index (κ2) is 6.30. The van der Waals surface area contributed by atoms with E-state index in [9.17, 15) is 0 Å². The fourth-order valence-corrected chi connectivity index (χ4v) is 3.07. The van der Waals surface area contributed by atoms with Crippen molar-refractivity contribution in [1.82, 2.24) is 19.8 Å². The van der Waals surface area contributed by atoms with Crippen LogP contribution in [0.5, 0.6) is 0 Å². The molecule has 0 N–H and O–H groups in total. The number of nitrogens with zero attached hydrogens (tertiary/aromatic N) is 4. The zero-order chi connectivity index (χ0) is 17.4. The number of rotatable bonds is 3. The number of halogens is 1. The maximum absolute atomic E-state index is 5.91. The third-order valence-corrected chi connectivity index (χ3v) is 4.51. The second-order valence-corrected chi connectivity index (χ2v) is 6.40. The van der Waals surface area contributed by atoms with Gasteiger partial charge in [0.1, 0.15) is 11.4 Å². The van der Waals surface area contributed by atoms with Crippen LogP contribution in [0.1, 0.15) is 18.2 Å². The van der Waals surface area contributed by atoms with E-state index in [0.29, 0.717) is 5.15 Å². The smallest absolute Gasteiger partial charge is 0.151 e.